The first-order valence-electron chi connectivity index (χ1n) is 9.86. The van der Waals surface area contributed by atoms with E-state index in [9.17, 15) is 18.7 Å². The van der Waals surface area contributed by atoms with E-state index in [1.165, 1.54) is 31.7 Å². The van der Waals surface area contributed by atoms with Crippen molar-refractivity contribution in [2.45, 2.75) is 32.4 Å². The summed E-state index contributed by atoms with van der Waals surface area (Å²) in [7, 11) is 1.35. The Labute approximate surface area is 174 Å². The van der Waals surface area contributed by atoms with Gasteiger partial charge in [-0.15, -0.1) is 0 Å². The van der Waals surface area contributed by atoms with Gasteiger partial charge in [-0.2, -0.15) is 8.78 Å². The van der Waals surface area contributed by atoms with Crippen LogP contribution < -0.4 is 9.47 Å². The topological polar surface area (TPSA) is 59.0 Å². The Hall–Kier alpha value is -2.93. The number of rotatable bonds is 8. The number of methoxy groups -OCH3 is 1. The van der Waals surface area contributed by atoms with Gasteiger partial charge in [-0.05, 0) is 67.9 Å². The molecule has 2 aromatic carbocycles. The molecule has 0 aliphatic carbocycles. The molecule has 30 heavy (non-hydrogen) atoms. The fraction of sp³-hybridized carbons (Fsp3) is 0.348. The molecule has 0 unspecified atom stereocenters. The highest BCUT2D eigenvalue weighted by Crippen LogP contribution is 2.30. The van der Waals surface area contributed by atoms with E-state index in [4.69, 9.17) is 4.74 Å². The molecule has 1 saturated heterocycles. The highest BCUT2D eigenvalue weighted by Gasteiger charge is 2.14. The van der Waals surface area contributed by atoms with Crippen molar-refractivity contribution in [3.8, 4) is 17.2 Å². The van der Waals surface area contributed by atoms with Crippen molar-refractivity contribution in [1.29, 1.82) is 0 Å². The Morgan fingerprint density at radius 3 is 2.60 bits per heavy atom. The molecular formula is C23H25F2NO4. The van der Waals surface area contributed by atoms with Crippen LogP contribution in [0.25, 0.3) is 6.08 Å². The van der Waals surface area contributed by atoms with Crippen molar-refractivity contribution in [2.24, 2.45) is 0 Å². The van der Waals surface area contributed by atoms with Gasteiger partial charge in [-0.1, -0.05) is 18.6 Å². The lowest BCUT2D eigenvalue weighted by Gasteiger charge is -2.26. The second-order valence-electron chi connectivity index (χ2n) is 7.17. The van der Waals surface area contributed by atoms with E-state index in [2.05, 4.69) is 9.64 Å². The maximum Gasteiger partial charge on any atom is 0.387 e. The fourth-order valence-electron chi connectivity index (χ4n) is 3.47. The number of benzene rings is 2. The van der Waals surface area contributed by atoms with Gasteiger partial charge in [-0.3, -0.25) is 9.69 Å². The Bertz CT molecular complexity index is 908. The molecule has 0 atom stereocenters. The third-order valence-corrected chi connectivity index (χ3v) is 5.04. The maximum atomic E-state index is 12.6. The van der Waals surface area contributed by atoms with Crippen LogP contribution in [0.2, 0.25) is 0 Å². The van der Waals surface area contributed by atoms with Gasteiger partial charge >= 0.3 is 6.61 Å². The largest absolute Gasteiger partial charge is 0.508 e. The molecule has 0 saturated carbocycles. The lowest BCUT2D eigenvalue weighted by molar-refractivity contribution is -0.0512. The Balaban J connectivity index is 1.72. The molecule has 0 spiro atoms. The van der Waals surface area contributed by atoms with Crippen molar-refractivity contribution in [3.63, 3.8) is 0 Å². The van der Waals surface area contributed by atoms with Crippen LogP contribution in [-0.2, 0) is 6.54 Å². The quantitative estimate of drug-likeness (QED) is 0.490. The first kappa shape index (κ1) is 21.8. The SMILES string of the molecule is COc1cc(/C=C/C(=O)c2ccc(O)c(CN3CCCCC3)c2)ccc1OC(F)F. The van der Waals surface area contributed by atoms with Gasteiger partial charge in [0.2, 0.25) is 0 Å². The van der Waals surface area contributed by atoms with Gasteiger partial charge in [0.25, 0.3) is 0 Å². The van der Waals surface area contributed by atoms with Crippen molar-refractivity contribution >= 4 is 11.9 Å². The molecular weight excluding hydrogens is 392 g/mol. The maximum absolute atomic E-state index is 12.6. The molecule has 0 amide bonds. The normalized spacial score (nSPS) is 14.9. The average Bonchev–Trinajstić information content (AvgIpc) is 2.74. The van der Waals surface area contributed by atoms with Gasteiger partial charge in [0.05, 0.1) is 7.11 Å². The van der Waals surface area contributed by atoms with Gasteiger partial charge in [0.15, 0.2) is 17.3 Å². The summed E-state index contributed by atoms with van der Waals surface area (Å²) in [5.74, 6) is 0.0393. The average molecular weight is 417 g/mol. The van der Waals surface area contributed by atoms with Gasteiger partial charge in [0, 0.05) is 17.7 Å². The van der Waals surface area contributed by atoms with Crippen LogP contribution in [0.3, 0.4) is 0 Å². The van der Waals surface area contributed by atoms with Crippen LogP contribution in [-0.4, -0.2) is 42.6 Å². The number of piperidine rings is 1. The van der Waals surface area contributed by atoms with Gasteiger partial charge in [0.1, 0.15) is 5.75 Å². The Kier molecular flexibility index (Phi) is 7.41. The molecule has 7 heteroatoms. The highest BCUT2D eigenvalue weighted by atomic mass is 19.3. The predicted molar refractivity (Wildman–Crippen MR) is 110 cm³/mol. The number of aromatic hydroxyl groups is 1. The summed E-state index contributed by atoms with van der Waals surface area (Å²) < 4.78 is 34.3. The number of carbonyl (C=O) groups excluding carboxylic acids is 1. The van der Waals surface area contributed by atoms with Crippen molar-refractivity contribution in [2.75, 3.05) is 20.2 Å². The zero-order valence-corrected chi connectivity index (χ0v) is 16.8. The number of hydrogen-bond acceptors (Lipinski definition) is 5. The lowest BCUT2D eigenvalue weighted by atomic mass is 10.0. The number of carbonyl (C=O) groups is 1. The van der Waals surface area contributed by atoms with E-state index < -0.39 is 6.61 Å². The minimum Gasteiger partial charge on any atom is -0.508 e. The van der Waals surface area contributed by atoms with Crippen molar-refractivity contribution in [3.05, 3.63) is 59.2 Å². The fourth-order valence-corrected chi connectivity index (χ4v) is 3.47. The number of phenolic OH excluding ortho intramolecular Hbond substituents is 1. The molecule has 0 aromatic heterocycles. The number of ether oxygens (including phenoxy) is 2. The number of nitrogens with zero attached hydrogens (tertiary/aromatic N) is 1. The minimum atomic E-state index is -2.95. The van der Waals surface area contributed by atoms with Crippen LogP contribution in [0, 0.1) is 0 Å². The molecule has 1 aliphatic heterocycles. The van der Waals surface area contributed by atoms with Crippen LogP contribution in [0.1, 0.15) is 40.7 Å². The van der Waals surface area contributed by atoms with Crippen molar-refractivity contribution in [1.82, 2.24) is 4.90 Å². The third-order valence-electron chi connectivity index (χ3n) is 5.04. The first-order valence-corrected chi connectivity index (χ1v) is 9.86. The molecule has 2 aromatic rings. The van der Waals surface area contributed by atoms with E-state index in [0.29, 0.717) is 17.7 Å². The number of likely N-dealkylation sites (tertiary alicyclic amines) is 1. The lowest BCUT2D eigenvalue weighted by Crippen LogP contribution is -2.29. The minimum absolute atomic E-state index is 0.0723. The number of ketones is 1. The summed E-state index contributed by atoms with van der Waals surface area (Å²) in [6, 6.07) is 9.29. The summed E-state index contributed by atoms with van der Waals surface area (Å²) in [6.45, 7) is -0.357. The summed E-state index contributed by atoms with van der Waals surface area (Å²) in [5, 5.41) is 10.2. The van der Waals surface area contributed by atoms with Crippen molar-refractivity contribution < 1.29 is 28.2 Å². The monoisotopic (exact) mass is 417 g/mol. The van der Waals surface area contributed by atoms with E-state index in [1.54, 1.807) is 30.3 Å². The second kappa shape index (κ2) is 10.2. The zero-order chi connectivity index (χ0) is 21.5. The second-order valence-corrected chi connectivity index (χ2v) is 7.17. The molecule has 3 rings (SSSR count). The number of allylic oxidation sites excluding steroid dienone is 1. The molecule has 1 aliphatic rings. The van der Waals surface area contributed by atoms with Crippen LogP contribution in [0.5, 0.6) is 17.2 Å². The van der Waals surface area contributed by atoms with E-state index in [-0.39, 0.29) is 23.0 Å². The highest BCUT2D eigenvalue weighted by molar-refractivity contribution is 6.07. The van der Waals surface area contributed by atoms with Crippen LogP contribution >= 0.6 is 0 Å². The van der Waals surface area contributed by atoms with Crippen LogP contribution in [0.4, 0.5) is 8.78 Å². The molecule has 160 valence electrons. The predicted octanol–water partition coefficient (Wildman–Crippen LogP) is 4.88. The number of alkyl halides is 2. The first-order chi connectivity index (χ1) is 14.5. The molecule has 5 nitrogen and oxygen atoms in total. The number of hydrogen-bond donors (Lipinski definition) is 1. The van der Waals surface area contributed by atoms with Gasteiger partial charge in [-0.25, -0.2) is 0 Å². The molecule has 1 heterocycles. The third kappa shape index (κ3) is 5.79. The summed E-state index contributed by atoms with van der Waals surface area (Å²) in [5.41, 5.74) is 1.81. The summed E-state index contributed by atoms with van der Waals surface area (Å²) >= 11 is 0. The zero-order valence-electron chi connectivity index (χ0n) is 16.8. The van der Waals surface area contributed by atoms with E-state index >= 15 is 0 Å². The van der Waals surface area contributed by atoms with E-state index in [0.717, 1.165) is 31.5 Å². The summed E-state index contributed by atoms with van der Waals surface area (Å²) in [6.07, 6.45) is 6.50. The molecule has 1 fully saturated rings. The smallest absolute Gasteiger partial charge is 0.387 e. The Morgan fingerprint density at radius 2 is 1.90 bits per heavy atom. The standard InChI is InChI=1S/C23H25F2NO4/c1-29-22-13-16(6-10-21(22)30-23(24)25)5-8-19(27)17-7-9-20(28)18(14-17)15-26-11-3-2-4-12-26/h5-10,13-14,23,28H,2-4,11-12,15H2,1H3/b8-5+. The molecule has 1 N–H and O–H groups in total. The Morgan fingerprint density at radius 1 is 1.13 bits per heavy atom. The van der Waals surface area contributed by atoms with Gasteiger partial charge < -0.3 is 14.6 Å². The molecule has 0 radical (unpaired) electrons. The van der Waals surface area contributed by atoms with E-state index in [1.807, 2.05) is 0 Å². The number of halogens is 2. The molecule has 0 bridgehead atoms. The summed E-state index contributed by atoms with van der Waals surface area (Å²) in [4.78, 5) is 14.9. The number of phenols is 1. The van der Waals surface area contributed by atoms with Crippen LogP contribution in [0.15, 0.2) is 42.5 Å².